The molecule has 3 N–H and O–H groups in total. The molecule has 3 aromatic rings. The number of anilines is 2. The quantitative estimate of drug-likeness (QED) is 0.390. The maximum absolute atomic E-state index is 12.3. The minimum absolute atomic E-state index is 0.109. The number of nitrogens with one attached hydrogen (secondary N) is 3. The molecule has 0 saturated carbocycles. The first-order valence-electron chi connectivity index (χ1n) is 9.00. The van der Waals surface area contributed by atoms with Crippen LogP contribution in [0.3, 0.4) is 0 Å². The van der Waals surface area contributed by atoms with Gasteiger partial charge in [0.05, 0.1) is 9.90 Å². The number of thiocarbonyl (C=S) groups is 1. The molecule has 0 aliphatic carbocycles. The SMILES string of the molecule is C[C@H](Oc1ccc(Cl)cc1Cl)C(=O)NC(=S)Nc1ccc(NC(=O)c2cccs2)cc1. The summed E-state index contributed by atoms with van der Waals surface area (Å²) in [6.07, 6.45) is -0.840. The maximum atomic E-state index is 12.3. The minimum Gasteiger partial charge on any atom is -0.479 e. The van der Waals surface area contributed by atoms with Gasteiger partial charge in [0.25, 0.3) is 11.8 Å². The molecule has 160 valence electrons. The van der Waals surface area contributed by atoms with E-state index in [1.165, 1.54) is 17.4 Å². The number of halogens is 2. The molecule has 0 bridgehead atoms. The average molecular weight is 494 g/mol. The summed E-state index contributed by atoms with van der Waals surface area (Å²) in [6.45, 7) is 1.58. The molecule has 1 atom stereocenters. The van der Waals surface area contributed by atoms with E-state index in [0.717, 1.165) is 0 Å². The second-order valence-corrected chi connectivity index (χ2v) is 8.49. The highest BCUT2D eigenvalue weighted by atomic mass is 35.5. The number of amides is 2. The Bertz CT molecular complexity index is 1090. The lowest BCUT2D eigenvalue weighted by atomic mass is 10.2. The lowest BCUT2D eigenvalue weighted by Crippen LogP contribution is -2.42. The number of hydrogen-bond donors (Lipinski definition) is 3. The van der Waals surface area contributed by atoms with Crippen molar-refractivity contribution in [1.82, 2.24) is 5.32 Å². The number of ether oxygens (including phenoxy) is 1. The van der Waals surface area contributed by atoms with Crippen LogP contribution in [0.5, 0.6) is 5.75 Å². The van der Waals surface area contributed by atoms with Crippen LogP contribution in [0.25, 0.3) is 0 Å². The van der Waals surface area contributed by atoms with Gasteiger partial charge in [-0.1, -0.05) is 29.3 Å². The molecular formula is C21H17Cl2N3O3S2. The summed E-state index contributed by atoms with van der Waals surface area (Å²) >= 11 is 18.5. The first-order valence-corrected chi connectivity index (χ1v) is 11.0. The molecule has 0 unspecified atom stereocenters. The summed E-state index contributed by atoms with van der Waals surface area (Å²) in [5.74, 6) is -0.274. The van der Waals surface area contributed by atoms with Crippen molar-refractivity contribution in [3.8, 4) is 5.75 Å². The van der Waals surface area contributed by atoms with Gasteiger partial charge in [-0.05, 0) is 73.1 Å². The summed E-state index contributed by atoms with van der Waals surface area (Å²) in [5.41, 5.74) is 1.29. The van der Waals surface area contributed by atoms with Crippen LogP contribution in [0, 0.1) is 0 Å². The van der Waals surface area contributed by atoms with Gasteiger partial charge in [-0.3, -0.25) is 14.9 Å². The fourth-order valence-electron chi connectivity index (χ4n) is 2.43. The van der Waals surface area contributed by atoms with Gasteiger partial charge >= 0.3 is 0 Å². The number of rotatable bonds is 6. The van der Waals surface area contributed by atoms with Crippen molar-refractivity contribution in [3.63, 3.8) is 0 Å². The maximum Gasteiger partial charge on any atom is 0.266 e. The molecular weight excluding hydrogens is 477 g/mol. The monoisotopic (exact) mass is 493 g/mol. The van der Waals surface area contributed by atoms with E-state index in [4.69, 9.17) is 40.2 Å². The van der Waals surface area contributed by atoms with E-state index in [1.54, 1.807) is 49.4 Å². The van der Waals surface area contributed by atoms with Crippen LogP contribution in [0.4, 0.5) is 11.4 Å². The molecule has 2 aromatic carbocycles. The molecule has 0 aliphatic heterocycles. The van der Waals surface area contributed by atoms with Crippen molar-refractivity contribution in [1.29, 1.82) is 0 Å². The Labute approximate surface area is 198 Å². The van der Waals surface area contributed by atoms with Crippen molar-refractivity contribution < 1.29 is 14.3 Å². The smallest absolute Gasteiger partial charge is 0.266 e. The molecule has 10 heteroatoms. The van der Waals surface area contributed by atoms with Crippen LogP contribution < -0.4 is 20.7 Å². The van der Waals surface area contributed by atoms with Gasteiger partial charge in [0.15, 0.2) is 11.2 Å². The Hall–Kier alpha value is -2.65. The highest BCUT2D eigenvalue weighted by molar-refractivity contribution is 7.80. The third-order valence-corrected chi connectivity index (χ3v) is 5.55. The molecule has 1 aromatic heterocycles. The van der Waals surface area contributed by atoms with Gasteiger partial charge in [0, 0.05) is 16.4 Å². The molecule has 0 aliphatic rings. The van der Waals surface area contributed by atoms with Crippen LogP contribution >= 0.6 is 46.8 Å². The van der Waals surface area contributed by atoms with Crippen molar-refractivity contribution in [2.24, 2.45) is 0 Å². The highest BCUT2D eigenvalue weighted by Crippen LogP contribution is 2.28. The number of carbonyl (C=O) groups excluding carboxylic acids is 2. The zero-order chi connectivity index (χ0) is 22.4. The van der Waals surface area contributed by atoms with Crippen molar-refractivity contribution in [2.45, 2.75) is 13.0 Å². The van der Waals surface area contributed by atoms with Crippen molar-refractivity contribution >= 4 is 75.1 Å². The van der Waals surface area contributed by atoms with E-state index in [2.05, 4.69) is 16.0 Å². The predicted octanol–water partition coefficient (Wildman–Crippen LogP) is 5.59. The van der Waals surface area contributed by atoms with E-state index in [-0.39, 0.29) is 11.0 Å². The molecule has 31 heavy (non-hydrogen) atoms. The third kappa shape index (κ3) is 6.67. The lowest BCUT2D eigenvalue weighted by molar-refractivity contribution is -0.125. The largest absolute Gasteiger partial charge is 0.479 e. The Balaban J connectivity index is 1.50. The zero-order valence-corrected chi connectivity index (χ0v) is 19.3. The van der Waals surface area contributed by atoms with Crippen molar-refractivity contribution in [2.75, 3.05) is 10.6 Å². The first-order chi connectivity index (χ1) is 14.8. The van der Waals surface area contributed by atoms with Crippen LogP contribution in [0.15, 0.2) is 60.0 Å². The number of thiophene rings is 1. The molecule has 6 nitrogen and oxygen atoms in total. The van der Waals surface area contributed by atoms with Gasteiger partial charge in [0.2, 0.25) is 0 Å². The van der Waals surface area contributed by atoms with Gasteiger partial charge < -0.3 is 15.4 Å². The molecule has 0 fully saturated rings. The summed E-state index contributed by atoms with van der Waals surface area (Å²) in [7, 11) is 0. The molecule has 0 saturated heterocycles. The summed E-state index contributed by atoms with van der Waals surface area (Å²) < 4.78 is 5.57. The van der Waals surface area contributed by atoms with E-state index < -0.39 is 12.0 Å². The Morgan fingerprint density at radius 1 is 1.03 bits per heavy atom. The Morgan fingerprint density at radius 3 is 2.32 bits per heavy atom. The lowest BCUT2D eigenvalue weighted by Gasteiger charge is -2.16. The molecule has 0 radical (unpaired) electrons. The van der Waals surface area contributed by atoms with E-state index >= 15 is 0 Å². The summed E-state index contributed by atoms with van der Waals surface area (Å²) in [6, 6.07) is 15.2. The van der Waals surface area contributed by atoms with Crippen LogP contribution in [0.2, 0.25) is 10.0 Å². The van der Waals surface area contributed by atoms with Gasteiger partial charge in [-0.2, -0.15) is 0 Å². The van der Waals surface area contributed by atoms with Gasteiger partial charge in [-0.15, -0.1) is 11.3 Å². The normalized spacial score (nSPS) is 11.3. The summed E-state index contributed by atoms with van der Waals surface area (Å²) in [5, 5.41) is 11.0. The van der Waals surface area contributed by atoms with Crippen LogP contribution in [-0.4, -0.2) is 23.0 Å². The van der Waals surface area contributed by atoms with Crippen molar-refractivity contribution in [3.05, 3.63) is 74.9 Å². The number of benzene rings is 2. The molecule has 0 spiro atoms. The Morgan fingerprint density at radius 2 is 1.71 bits per heavy atom. The standard InChI is InChI=1S/C21H17Cl2N3O3S2/c1-12(29-17-9-4-13(22)11-16(17)23)19(27)26-21(30)25-15-7-5-14(6-8-15)24-20(28)18-3-2-10-31-18/h2-12H,1H3,(H,24,28)(H2,25,26,27,30)/t12-/m0/s1. The fraction of sp³-hybridized carbons (Fsp3) is 0.0952. The van der Waals surface area contributed by atoms with Crippen LogP contribution in [0.1, 0.15) is 16.6 Å². The number of carbonyl (C=O) groups is 2. The highest BCUT2D eigenvalue weighted by Gasteiger charge is 2.17. The van der Waals surface area contributed by atoms with Gasteiger partial charge in [-0.25, -0.2) is 0 Å². The predicted molar refractivity (Wildman–Crippen MR) is 130 cm³/mol. The minimum atomic E-state index is -0.840. The van der Waals surface area contributed by atoms with Gasteiger partial charge in [0.1, 0.15) is 5.75 Å². The number of hydrogen-bond acceptors (Lipinski definition) is 5. The first kappa shape index (κ1) is 23.0. The molecule has 2 amide bonds. The Kier molecular flexibility index (Phi) is 7.86. The summed E-state index contributed by atoms with van der Waals surface area (Å²) in [4.78, 5) is 25.0. The van der Waals surface area contributed by atoms with Crippen LogP contribution in [-0.2, 0) is 4.79 Å². The average Bonchev–Trinajstić information content (AvgIpc) is 3.26. The molecule has 1 heterocycles. The van der Waals surface area contributed by atoms with E-state index in [1.807, 2.05) is 11.4 Å². The topological polar surface area (TPSA) is 79.5 Å². The van der Waals surface area contributed by atoms with E-state index in [0.29, 0.717) is 32.0 Å². The molecule has 3 rings (SSSR count). The fourth-order valence-corrected chi connectivity index (χ4v) is 3.72. The zero-order valence-electron chi connectivity index (χ0n) is 16.1. The third-order valence-electron chi connectivity index (χ3n) is 3.95. The van der Waals surface area contributed by atoms with E-state index in [9.17, 15) is 9.59 Å². The second kappa shape index (κ2) is 10.6. The second-order valence-electron chi connectivity index (χ2n) is 6.29.